The van der Waals surface area contributed by atoms with Crippen molar-refractivity contribution >= 4 is 27.3 Å². The van der Waals surface area contributed by atoms with Crippen molar-refractivity contribution in [3.8, 4) is 5.75 Å². The number of rotatable bonds is 7. The van der Waals surface area contributed by atoms with Crippen LogP contribution in [0.5, 0.6) is 5.75 Å². The SMILES string of the molecule is CCOc1ccc(C(C)NC(=O)C2CCCN(S(=O)(=O)c3cccs3)C2)cc1. The summed E-state index contributed by atoms with van der Waals surface area (Å²) in [7, 11) is -3.52. The maximum absolute atomic E-state index is 12.8. The first kappa shape index (κ1) is 20.8. The second-order valence-electron chi connectivity index (χ2n) is 6.87. The predicted octanol–water partition coefficient (Wildman–Crippen LogP) is 3.42. The fourth-order valence-corrected chi connectivity index (χ4v) is 6.01. The van der Waals surface area contributed by atoms with Gasteiger partial charge in [0.25, 0.3) is 10.0 Å². The van der Waals surface area contributed by atoms with Crippen molar-refractivity contribution in [3.63, 3.8) is 0 Å². The van der Waals surface area contributed by atoms with Crippen molar-refractivity contribution in [2.75, 3.05) is 19.7 Å². The summed E-state index contributed by atoms with van der Waals surface area (Å²) in [6, 6.07) is 10.8. The van der Waals surface area contributed by atoms with Gasteiger partial charge < -0.3 is 10.1 Å². The van der Waals surface area contributed by atoms with Crippen LogP contribution in [0.1, 0.15) is 38.3 Å². The molecule has 2 unspecified atom stereocenters. The zero-order valence-corrected chi connectivity index (χ0v) is 17.8. The van der Waals surface area contributed by atoms with Crippen LogP contribution in [0.3, 0.4) is 0 Å². The summed E-state index contributed by atoms with van der Waals surface area (Å²) in [4.78, 5) is 12.8. The fourth-order valence-electron chi connectivity index (χ4n) is 3.35. The highest BCUT2D eigenvalue weighted by atomic mass is 32.2. The van der Waals surface area contributed by atoms with E-state index in [9.17, 15) is 13.2 Å². The number of nitrogens with zero attached hydrogens (tertiary/aromatic N) is 1. The van der Waals surface area contributed by atoms with Gasteiger partial charge in [0.15, 0.2) is 0 Å². The van der Waals surface area contributed by atoms with E-state index >= 15 is 0 Å². The Morgan fingerprint density at radius 1 is 1.32 bits per heavy atom. The van der Waals surface area contributed by atoms with Gasteiger partial charge in [0.05, 0.1) is 18.6 Å². The number of benzene rings is 1. The van der Waals surface area contributed by atoms with Crippen LogP contribution >= 0.6 is 11.3 Å². The summed E-state index contributed by atoms with van der Waals surface area (Å²) < 4.78 is 32.7. The van der Waals surface area contributed by atoms with Crippen LogP contribution in [0, 0.1) is 5.92 Å². The van der Waals surface area contributed by atoms with E-state index < -0.39 is 10.0 Å². The zero-order chi connectivity index (χ0) is 20.1. The van der Waals surface area contributed by atoms with Crippen molar-refractivity contribution in [1.29, 1.82) is 0 Å². The molecule has 3 rings (SSSR count). The summed E-state index contributed by atoms with van der Waals surface area (Å²) in [5.74, 6) is 0.354. The van der Waals surface area contributed by atoms with E-state index in [2.05, 4.69) is 5.32 Å². The number of sulfonamides is 1. The minimum Gasteiger partial charge on any atom is -0.494 e. The van der Waals surface area contributed by atoms with Crippen LogP contribution in [-0.4, -0.2) is 38.3 Å². The predicted molar refractivity (Wildman–Crippen MR) is 110 cm³/mol. The van der Waals surface area contributed by atoms with Gasteiger partial charge >= 0.3 is 0 Å². The van der Waals surface area contributed by atoms with Crippen LogP contribution in [0.2, 0.25) is 0 Å². The molecule has 0 radical (unpaired) electrons. The Labute approximate surface area is 170 Å². The van der Waals surface area contributed by atoms with Gasteiger partial charge in [-0.05, 0) is 55.8 Å². The van der Waals surface area contributed by atoms with Crippen LogP contribution in [-0.2, 0) is 14.8 Å². The average molecular weight is 423 g/mol. The molecule has 1 aromatic heterocycles. The molecule has 1 fully saturated rings. The molecule has 8 heteroatoms. The van der Waals surface area contributed by atoms with Gasteiger partial charge in [-0.1, -0.05) is 18.2 Å². The van der Waals surface area contributed by atoms with E-state index in [1.54, 1.807) is 17.5 Å². The van der Waals surface area contributed by atoms with Gasteiger partial charge in [-0.2, -0.15) is 4.31 Å². The third-order valence-corrected chi connectivity index (χ3v) is 8.13. The number of ether oxygens (including phenoxy) is 1. The molecule has 0 saturated carbocycles. The van der Waals surface area contributed by atoms with E-state index in [1.165, 1.54) is 15.6 Å². The summed E-state index contributed by atoms with van der Waals surface area (Å²) >= 11 is 1.21. The molecule has 2 heterocycles. The third kappa shape index (κ3) is 4.74. The smallest absolute Gasteiger partial charge is 0.252 e. The molecule has 1 saturated heterocycles. The first-order chi connectivity index (χ1) is 13.4. The number of amides is 1. The third-order valence-electron chi connectivity index (χ3n) is 4.89. The molecule has 1 amide bonds. The van der Waals surface area contributed by atoms with E-state index in [-0.39, 0.29) is 24.4 Å². The van der Waals surface area contributed by atoms with Crippen LogP contribution in [0.25, 0.3) is 0 Å². The number of carbonyl (C=O) groups is 1. The average Bonchev–Trinajstić information content (AvgIpc) is 3.24. The molecule has 2 atom stereocenters. The van der Waals surface area contributed by atoms with Gasteiger partial charge in [0, 0.05) is 13.1 Å². The topological polar surface area (TPSA) is 75.7 Å². The minimum absolute atomic E-state index is 0.104. The van der Waals surface area contributed by atoms with E-state index in [1.807, 2.05) is 38.1 Å². The van der Waals surface area contributed by atoms with Crippen molar-refractivity contribution in [3.05, 3.63) is 47.3 Å². The number of hydrogen-bond acceptors (Lipinski definition) is 5. The molecule has 0 spiro atoms. The Morgan fingerprint density at radius 2 is 2.07 bits per heavy atom. The van der Waals surface area contributed by atoms with Crippen molar-refractivity contribution in [1.82, 2.24) is 9.62 Å². The van der Waals surface area contributed by atoms with E-state index in [0.29, 0.717) is 30.2 Å². The lowest BCUT2D eigenvalue weighted by atomic mass is 9.98. The lowest BCUT2D eigenvalue weighted by Gasteiger charge is -2.31. The van der Waals surface area contributed by atoms with Crippen LogP contribution in [0.4, 0.5) is 0 Å². The number of piperidine rings is 1. The Morgan fingerprint density at radius 3 is 2.71 bits per heavy atom. The highest BCUT2D eigenvalue weighted by molar-refractivity contribution is 7.91. The summed E-state index contributed by atoms with van der Waals surface area (Å²) in [6.07, 6.45) is 1.37. The number of hydrogen-bond donors (Lipinski definition) is 1. The van der Waals surface area contributed by atoms with Gasteiger partial charge in [-0.3, -0.25) is 4.79 Å². The Hall–Kier alpha value is -1.90. The Balaban J connectivity index is 1.62. The first-order valence-corrected chi connectivity index (χ1v) is 11.8. The molecule has 28 heavy (non-hydrogen) atoms. The second-order valence-corrected chi connectivity index (χ2v) is 9.98. The zero-order valence-electron chi connectivity index (χ0n) is 16.1. The molecule has 1 aliphatic rings. The van der Waals surface area contributed by atoms with Gasteiger partial charge in [0.1, 0.15) is 9.96 Å². The van der Waals surface area contributed by atoms with Crippen molar-refractivity contribution in [2.24, 2.45) is 5.92 Å². The first-order valence-electron chi connectivity index (χ1n) is 9.48. The Kier molecular flexibility index (Phi) is 6.74. The molecule has 2 aromatic rings. The van der Waals surface area contributed by atoms with Crippen LogP contribution in [0.15, 0.2) is 46.0 Å². The van der Waals surface area contributed by atoms with Gasteiger partial charge in [-0.25, -0.2) is 8.42 Å². The molecular formula is C20H26N2O4S2. The maximum atomic E-state index is 12.8. The summed E-state index contributed by atoms with van der Waals surface area (Å²) in [6.45, 7) is 5.15. The van der Waals surface area contributed by atoms with Crippen LogP contribution < -0.4 is 10.1 Å². The monoisotopic (exact) mass is 422 g/mol. The quantitative estimate of drug-likeness (QED) is 0.742. The molecule has 0 aliphatic carbocycles. The summed E-state index contributed by atoms with van der Waals surface area (Å²) in [5, 5.41) is 4.78. The van der Waals surface area contributed by atoms with Gasteiger partial charge in [0.2, 0.25) is 5.91 Å². The fraction of sp³-hybridized carbons (Fsp3) is 0.450. The second kappa shape index (κ2) is 9.07. The van der Waals surface area contributed by atoms with Gasteiger partial charge in [-0.15, -0.1) is 11.3 Å². The largest absolute Gasteiger partial charge is 0.494 e. The molecule has 1 aromatic carbocycles. The summed E-state index contributed by atoms with van der Waals surface area (Å²) in [5.41, 5.74) is 0.982. The maximum Gasteiger partial charge on any atom is 0.252 e. The standard InChI is InChI=1S/C20H26N2O4S2/c1-3-26-18-10-8-16(9-11-18)15(2)21-20(23)17-6-4-12-22(14-17)28(24,25)19-7-5-13-27-19/h5,7-11,13,15,17H,3-4,6,12,14H2,1-2H3,(H,21,23). The highest BCUT2D eigenvalue weighted by Crippen LogP contribution is 2.27. The Bertz CT molecular complexity index is 879. The lowest BCUT2D eigenvalue weighted by molar-refractivity contribution is -0.126. The highest BCUT2D eigenvalue weighted by Gasteiger charge is 2.34. The number of thiophene rings is 1. The van der Waals surface area contributed by atoms with E-state index in [0.717, 1.165) is 11.3 Å². The molecule has 0 bridgehead atoms. The van der Waals surface area contributed by atoms with E-state index in [4.69, 9.17) is 4.74 Å². The lowest BCUT2D eigenvalue weighted by Crippen LogP contribution is -2.45. The molecule has 1 aliphatic heterocycles. The van der Waals surface area contributed by atoms with Crippen molar-refractivity contribution in [2.45, 2.75) is 36.9 Å². The normalized spacial score (nSPS) is 19.1. The molecule has 1 N–H and O–H groups in total. The van der Waals surface area contributed by atoms with Crippen molar-refractivity contribution < 1.29 is 17.9 Å². The number of nitrogens with one attached hydrogen (secondary N) is 1. The molecular weight excluding hydrogens is 396 g/mol. The number of carbonyl (C=O) groups excluding carboxylic acids is 1. The minimum atomic E-state index is -3.52. The molecule has 6 nitrogen and oxygen atoms in total. The molecule has 152 valence electrons.